The van der Waals surface area contributed by atoms with Crippen molar-refractivity contribution in [3.63, 3.8) is 0 Å². The molecule has 5 heteroatoms. The van der Waals surface area contributed by atoms with Gasteiger partial charge in [0.2, 0.25) is 0 Å². The number of benzene rings is 1. The molecule has 5 nitrogen and oxygen atoms in total. The van der Waals surface area contributed by atoms with E-state index in [9.17, 15) is 9.90 Å². The molecular formula is C15H21NO4. The lowest BCUT2D eigenvalue weighted by atomic mass is 9.90. The first-order chi connectivity index (χ1) is 9.45. The number of ether oxygens (including phenoxy) is 1. The highest BCUT2D eigenvalue weighted by molar-refractivity contribution is 5.68. The minimum atomic E-state index is -0.947. The lowest BCUT2D eigenvalue weighted by Crippen LogP contribution is -2.62. The van der Waals surface area contributed by atoms with Crippen molar-refractivity contribution in [1.29, 1.82) is 0 Å². The molecule has 1 aliphatic rings. The van der Waals surface area contributed by atoms with Crippen LogP contribution in [0.4, 0.5) is 0 Å². The predicted molar refractivity (Wildman–Crippen MR) is 74.7 cm³/mol. The van der Waals surface area contributed by atoms with Gasteiger partial charge in [0, 0.05) is 24.7 Å². The first kappa shape index (κ1) is 14.8. The maximum absolute atomic E-state index is 10.6. The van der Waals surface area contributed by atoms with E-state index in [0.717, 1.165) is 12.0 Å². The van der Waals surface area contributed by atoms with Crippen molar-refractivity contribution in [2.75, 3.05) is 19.7 Å². The topological polar surface area (TPSA) is 70.0 Å². The summed E-state index contributed by atoms with van der Waals surface area (Å²) in [5, 5.41) is 18.6. The van der Waals surface area contributed by atoms with E-state index in [-0.39, 0.29) is 12.6 Å². The normalized spacial score (nSPS) is 19.3. The molecule has 0 saturated carbocycles. The molecule has 1 unspecified atom stereocenters. The Morgan fingerprint density at radius 3 is 2.65 bits per heavy atom. The molecule has 1 saturated heterocycles. The zero-order valence-electron chi connectivity index (χ0n) is 11.9. The maximum atomic E-state index is 10.6. The van der Waals surface area contributed by atoms with Crippen LogP contribution in [0.3, 0.4) is 0 Å². The van der Waals surface area contributed by atoms with E-state index in [1.54, 1.807) is 6.07 Å². The second kappa shape index (κ2) is 5.81. The molecule has 110 valence electrons. The number of likely N-dealkylation sites (tertiary alicyclic amines) is 1. The monoisotopic (exact) mass is 279 g/mol. The third-order valence-electron chi connectivity index (χ3n) is 3.74. The fourth-order valence-electron chi connectivity index (χ4n) is 2.80. The first-order valence-electron chi connectivity index (χ1n) is 6.83. The van der Waals surface area contributed by atoms with E-state index in [1.807, 2.05) is 25.1 Å². The lowest BCUT2D eigenvalue weighted by molar-refractivity contribution is -0.170. The van der Waals surface area contributed by atoms with Gasteiger partial charge in [0.15, 0.2) is 0 Å². The van der Waals surface area contributed by atoms with Crippen LogP contribution >= 0.6 is 0 Å². The van der Waals surface area contributed by atoms with Gasteiger partial charge in [-0.2, -0.15) is 0 Å². The van der Waals surface area contributed by atoms with Gasteiger partial charge in [-0.1, -0.05) is 25.1 Å². The standard InChI is InChI=1S/C15H21NO4/c1-3-12(11-6-4-5-7-13(11)17)16-9-15(2,10-16)20-8-14(18)19/h4-7,12,17H,3,8-10H2,1-2H3,(H,18,19). The third kappa shape index (κ3) is 3.11. The second-order valence-corrected chi connectivity index (χ2v) is 5.52. The van der Waals surface area contributed by atoms with Gasteiger partial charge in [-0.3, -0.25) is 4.90 Å². The SMILES string of the molecule is CCC(c1ccccc1O)N1CC(C)(OCC(=O)O)C1. The number of hydrogen-bond donors (Lipinski definition) is 2. The number of rotatable bonds is 6. The van der Waals surface area contributed by atoms with Gasteiger partial charge in [0.25, 0.3) is 0 Å². The molecule has 2 N–H and O–H groups in total. The largest absolute Gasteiger partial charge is 0.508 e. The molecule has 1 aromatic rings. The summed E-state index contributed by atoms with van der Waals surface area (Å²) >= 11 is 0. The number of phenolic OH excluding ortho intramolecular Hbond substituents is 1. The van der Waals surface area contributed by atoms with E-state index in [1.165, 1.54) is 0 Å². The van der Waals surface area contributed by atoms with Crippen LogP contribution in [0.25, 0.3) is 0 Å². The average molecular weight is 279 g/mol. The average Bonchev–Trinajstić information content (AvgIpc) is 2.37. The van der Waals surface area contributed by atoms with Gasteiger partial charge >= 0.3 is 5.97 Å². The molecule has 1 aromatic carbocycles. The highest BCUT2D eigenvalue weighted by Gasteiger charge is 2.43. The lowest BCUT2D eigenvalue weighted by Gasteiger charge is -2.50. The maximum Gasteiger partial charge on any atom is 0.329 e. The Labute approximate surface area is 118 Å². The van der Waals surface area contributed by atoms with Crippen molar-refractivity contribution in [2.24, 2.45) is 0 Å². The molecular weight excluding hydrogens is 258 g/mol. The fraction of sp³-hybridized carbons (Fsp3) is 0.533. The third-order valence-corrected chi connectivity index (χ3v) is 3.74. The molecule has 0 spiro atoms. The zero-order valence-corrected chi connectivity index (χ0v) is 11.9. The summed E-state index contributed by atoms with van der Waals surface area (Å²) in [6.45, 7) is 5.08. The molecule has 1 fully saturated rings. The smallest absolute Gasteiger partial charge is 0.329 e. The molecule has 2 rings (SSSR count). The van der Waals surface area contributed by atoms with Crippen molar-refractivity contribution in [1.82, 2.24) is 4.90 Å². The molecule has 0 amide bonds. The number of hydrogen-bond acceptors (Lipinski definition) is 4. The van der Waals surface area contributed by atoms with Crippen LogP contribution in [-0.4, -0.2) is 46.4 Å². The number of phenols is 1. The van der Waals surface area contributed by atoms with Crippen LogP contribution in [0.15, 0.2) is 24.3 Å². The van der Waals surface area contributed by atoms with Gasteiger partial charge in [-0.05, 0) is 19.4 Å². The Kier molecular flexibility index (Phi) is 4.30. The van der Waals surface area contributed by atoms with Crippen LogP contribution in [0.2, 0.25) is 0 Å². The summed E-state index contributed by atoms with van der Waals surface area (Å²) in [5.41, 5.74) is 0.506. The van der Waals surface area contributed by atoms with Crippen molar-refractivity contribution >= 4 is 5.97 Å². The summed E-state index contributed by atoms with van der Waals surface area (Å²) in [5.74, 6) is -0.642. The number of nitrogens with zero attached hydrogens (tertiary/aromatic N) is 1. The van der Waals surface area contributed by atoms with Gasteiger partial charge in [0.05, 0.1) is 5.60 Å². The molecule has 0 bridgehead atoms. The van der Waals surface area contributed by atoms with Gasteiger partial charge in [-0.15, -0.1) is 0 Å². The number of aromatic hydroxyl groups is 1. The van der Waals surface area contributed by atoms with E-state index in [4.69, 9.17) is 9.84 Å². The van der Waals surface area contributed by atoms with Crippen molar-refractivity contribution < 1.29 is 19.7 Å². The van der Waals surface area contributed by atoms with Crippen LogP contribution in [0.5, 0.6) is 5.75 Å². The van der Waals surface area contributed by atoms with Crippen molar-refractivity contribution in [3.05, 3.63) is 29.8 Å². The van der Waals surface area contributed by atoms with Crippen LogP contribution in [0, 0.1) is 0 Å². The first-order valence-corrected chi connectivity index (χ1v) is 6.83. The predicted octanol–water partition coefficient (Wildman–Crippen LogP) is 2.02. The minimum absolute atomic E-state index is 0.137. The van der Waals surface area contributed by atoms with Crippen LogP contribution in [0.1, 0.15) is 31.9 Å². The summed E-state index contributed by atoms with van der Waals surface area (Å²) in [7, 11) is 0. The summed E-state index contributed by atoms with van der Waals surface area (Å²) in [6, 6.07) is 7.48. The molecule has 1 aliphatic heterocycles. The van der Waals surface area contributed by atoms with E-state index < -0.39 is 11.6 Å². The van der Waals surface area contributed by atoms with E-state index >= 15 is 0 Å². The number of para-hydroxylation sites is 1. The number of aliphatic carboxylic acids is 1. The van der Waals surface area contributed by atoms with Crippen molar-refractivity contribution in [2.45, 2.75) is 31.9 Å². The van der Waals surface area contributed by atoms with Gasteiger partial charge in [-0.25, -0.2) is 4.79 Å². The molecule has 0 aromatic heterocycles. The number of carbonyl (C=O) groups is 1. The van der Waals surface area contributed by atoms with Crippen LogP contribution in [-0.2, 0) is 9.53 Å². The fourth-order valence-corrected chi connectivity index (χ4v) is 2.80. The Bertz CT molecular complexity index is 483. The highest BCUT2D eigenvalue weighted by Crippen LogP contribution is 2.37. The summed E-state index contributed by atoms with van der Waals surface area (Å²) in [4.78, 5) is 12.8. The Morgan fingerprint density at radius 2 is 2.10 bits per heavy atom. The molecule has 0 aliphatic carbocycles. The van der Waals surface area contributed by atoms with Gasteiger partial charge in [0.1, 0.15) is 12.4 Å². The quantitative estimate of drug-likeness (QED) is 0.833. The molecule has 1 heterocycles. The van der Waals surface area contributed by atoms with Gasteiger partial charge < -0.3 is 14.9 Å². The second-order valence-electron chi connectivity index (χ2n) is 5.52. The Balaban J connectivity index is 1.99. The van der Waals surface area contributed by atoms with E-state index in [0.29, 0.717) is 18.8 Å². The molecule has 0 radical (unpaired) electrons. The minimum Gasteiger partial charge on any atom is -0.508 e. The number of carboxylic acid groups (broad SMARTS) is 1. The van der Waals surface area contributed by atoms with Crippen molar-refractivity contribution in [3.8, 4) is 5.75 Å². The molecule has 1 atom stereocenters. The highest BCUT2D eigenvalue weighted by atomic mass is 16.5. The number of carboxylic acids is 1. The Hall–Kier alpha value is -1.59. The van der Waals surface area contributed by atoms with E-state index in [2.05, 4.69) is 11.8 Å². The summed E-state index contributed by atoms with van der Waals surface area (Å²) < 4.78 is 5.41. The summed E-state index contributed by atoms with van der Waals surface area (Å²) in [6.07, 6.45) is 0.882. The molecule has 20 heavy (non-hydrogen) atoms. The van der Waals surface area contributed by atoms with Crippen LogP contribution < -0.4 is 0 Å². The zero-order chi connectivity index (χ0) is 14.8. The Morgan fingerprint density at radius 1 is 1.45 bits per heavy atom.